The Hall–Kier alpha value is -1.69. The van der Waals surface area contributed by atoms with Gasteiger partial charge in [-0.1, -0.05) is 19.9 Å². The number of aryl methyl sites for hydroxylation is 1. The van der Waals surface area contributed by atoms with Crippen molar-refractivity contribution in [2.75, 3.05) is 0 Å². The minimum atomic E-state index is -0.141. The zero-order valence-corrected chi connectivity index (χ0v) is 15.7. The number of pyridine rings is 2. The zero-order chi connectivity index (χ0) is 16.1. The van der Waals surface area contributed by atoms with Gasteiger partial charge < -0.3 is 11.1 Å². The maximum absolute atomic E-state index is 12.5. The van der Waals surface area contributed by atoms with Crippen LogP contribution in [0.1, 0.15) is 47.3 Å². The van der Waals surface area contributed by atoms with Gasteiger partial charge >= 0.3 is 0 Å². The van der Waals surface area contributed by atoms with Gasteiger partial charge in [0.25, 0.3) is 5.91 Å². The number of nitrogens with zero attached hydrogens (tertiary/aromatic N) is 2. The highest BCUT2D eigenvalue weighted by Gasteiger charge is 2.21. The minimum Gasteiger partial charge on any atom is -0.343 e. The maximum atomic E-state index is 12.5. The van der Waals surface area contributed by atoms with E-state index in [-0.39, 0.29) is 42.7 Å². The van der Waals surface area contributed by atoms with Crippen molar-refractivity contribution in [3.8, 4) is 0 Å². The molecular formula is C17H24Cl2N4O. The molecule has 0 spiro atoms. The molecule has 0 aliphatic heterocycles. The lowest BCUT2D eigenvalue weighted by Gasteiger charge is -2.22. The van der Waals surface area contributed by atoms with Crippen molar-refractivity contribution in [1.82, 2.24) is 15.3 Å². The molecule has 2 aromatic rings. The van der Waals surface area contributed by atoms with E-state index in [0.717, 1.165) is 11.4 Å². The van der Waals surface area contributed by atoms with Gasteiger partial charge in [-0.15, -0.1) is 24.8 Å². The topological polar surface area (TPSA) is 80.9 Å². The number of carbonyl (C=O) groups excluding carboxylic acids is 1. The molecule has 1 amide bonds. The van der Waals surface area contributed by atoms with Crippen molar-refractivity contribution in [2.24, 2.45) is 11.7 Å². The predicted octanol–water partition coefficient (Wildman–Crippen LogP) is 3.21. The SMILES string of the molecule is Cc1nc(CN)ccc1C(=O)NC(c1ccccn1)C(C)C.Cl.Cl. The lowest BCUT2D eigenvalue weighted by molar-refractivity contribution is 0.0923. The van der Waals surface area contributed by atoms with E-state index in [1.807, 2.05) is 25.1 Å². The largest absolute Gasteiger partial charge is 0.343 e. The van der Waals surface area contributed by atoms with Crippen LogP contribution in [0, 0.1) is 12.8 Å². The van der Waals surface area contributed by atoms with Gasteiger partial charge in [-0.3, -0.25) is 14.8 Å². The van der Waals surface area contributed by atoms with E-state index in [1.54, 1.807) is 18.3 Å². The van der Waals surface area contributed by atoms with Crippen LogP contribution in [-0.2, 0) is 6.54 Å². The highest BCUT2D eigenvalue weighted by Crippen LogP contribution is 2.20. The Labute approximate surface area is 155 Å². The fraction of sp³-hybridized carbons (Fsp3) is 0.353. The summed E-state index contributed by atoms with van der Waals surface area (Å²) in [5.74, 6) is 0.0911. The van der Waals surface area contributed by atoms with E-state index in [1.165, 1.54) is 0 Å². The molecule has 2 rings (SSSR count). The number of hydrogen-bond donors (Lipinski definition) is 2. The Bertz CT molecular complexity index is 650. The molecule has 0 fully saturated rings. The number of nitrogens with two attached hydrogens (primary N) is 1. The Morgan fingerprint density at radius 1 is 1.21 bits per heavy atom. The minimum absolute atomic E-state index is 0. The van der Waals surface area contributed by atoms with Crippen LogP contribution in [0.15, 0.2) is 36.5 Å². The van der Waals surface area contributed by atoms with Crippen LogP contribution in [0.5, 0.6) is 0 Å². The van der Waals surface area contributed by atoms with Gasteiger partial charge in [-0.05, 0) is 37.1 Å². The van der Waals surface area contributed by atoms with Gasteiger partial charge in [0.2, 0.25) is 0 Å². The van der Waals surface area contributed by atoms with Crippen LogP contribution in [0.4, 0.5) is 0 Å². The summed E-state index contributed by atoms with van der Waals surface area (Å²) in [6, 6.07) is 9.13. The summed E-state index contributed by atoms with van der Waals surface area (Å²) < 4.78 is 0. The average molecular weight is 371 g/mol. The molecule has 0 saturated carbocycles. The number of carbonyl (C=O) groups is 1. The lowest BCUT2D eigenvalue weighted by atomic mass is 9.99. The molecule has 1 atom stereocenters. The van der Waals surface area contributed by atoms with Gasteiger partial charge in [0, 0.05) is 12.7 Å². The second-order valence-electron chi connectivity index (χ2n) is 5.59. The van der Waals surface area contributed by atoms with Gasteiger partial charge in [0.15, 0.2) is 0 Å². The van der Waals surface area contributed by atoms with E-state index in [4.69, 9.17) is 5.73 Å². The van der Waals surface area contributed by atoms with Crippen LogP contribution in [0.2, 0.25) is 0 Å². The van der Waals surface area contributed by atoms with E-state index in [0.29, 0.717) is 17.8 Å². The average Bonchev–Trinajstić information content (AvgIpc) is 2.52. The number of nitrogens with one attached hydrogen (secondary N) is 1. The number of hydrogen-bond acceptors (Lipinski definition) is 4. The molecule has 2 heterocycles. The van der Waals surface area contributed by atoms with Crippen LogP contribution in [0.25, 0.3) is 0 Å². The smallest absolute Gasteiger partial charge is 0.253 e. The number of amides is 1. The van der Waals surface area contributed by atoms with Gasteiger partial charge in [-0.25, -0.2) is 0 Å². The van der Waals surface area contributed by atoms with Crippen molar-refractivity contribution in [3.05, 3.63) is 59.2 Å². The van der Waals surface area contributed by atoms with Crippen LogP contribution in [-0.4, -0.2) is 15.9 Å². The summed E-state index contributed by atoms with van der Waals surface area (Å²) in [6.07, 6.45) is 1.74. The zero-order valence-electron chi connectivity index (χ0n) is 14.0. The van der Waals surface area contributed by atoms with E-state index in [9.17, 15) is 4.79 Å². The fourth-order valence-electron chi connectivity index (χ4n) is 2.33. The Morgan fingerprint density at radius 3 is 2.42 bits per heavy atom. The summed E-state index contributed by atoms with van der Waals surface area (Å²) in [6.45, 7) is 6.30. The molecule has 24 heavy (non-hydrogen) atoms. The monoisotopic (exact) mass is 370 g/mol. The highest BCUT2D eigenvalue weighted by molar-refractivity contribution is 5.95. The molecular weight excluding hydrogens is 347 g/mol. The Kier molecular flexibility index (Phi) is 9.51. The first-order valence-electron chi connectivity index (χ1n) is 7.41. The Morgan fingerprint density at radius 2 is 1.92 bits per heavy atom. The van der Waals surface area contributed by atoms with Crippen LogP contribution < -0.4 is 11.1 Å². The molecule has 0 aromatic carbocycles. The number of halogens is 2. The molecule has 1 unspecified atom stereocenters. The first-order chi connectivity index (χ1) is 10.5. The fourth-order valence-corrected chi connectivity index (χ4v) is 2.33. The van der Waals surface area contributed by atoms with Crippen molar-refractivity contribution >= 4 is 30.7 Å². The molecule has 5 nitrogen and oxygen atoms in total. The van der Waals surface area contributed by atoms with E-state index < -0.39 is 0 Å². The quantitative estimate of drug-likeness (QED) is 0.846. The first-order valence-corrected chi connectivity index (χ1v) is 7.41. The molecule has 0 radical (unpaired) electrons. The second kappa shape index (κ2) is 10.2. The third-order valence-electron chi connectivity index (χ3n) is 3.56. The van der Waals surface area contributed by atoms with Gasteiger partial charge in [-0.2, -0.15) is 0 Å². The molecule has 0 bridgehead atoms. The second-order valence-corrected chi connectivity index (χ2v) is 5.59. The summed E-state index contributed by atoms with van der Waals surface area (Å²) in [5, 5.41) is 3.05. The predicted molar refractivity (Wildman–Crippen MR) is 101 cm³/mol. The summed E-state index contributed by atoms with van der Waals surface area (Å²) >= 11 is 0. The van der Waals surface area contributed by atoms with Gasteiger partial charge in [0.05, 0.1) is 28.7 Å². The molecule has 7 heteroatoms. The number of aromatic nitrogens is 2. The summed E-state index contributed by atoms with van der Waals surface area (Å²) in [4.78, 5) is 21.2. The van der Waals surface area contributed by atoms with Crippen molar-refractivity contribution in [2.45, 2.75) is 33.4 Å². The van der Waals surface area contributed by atoms with Crippen LogP contribution >= 0.6 is 24.8 Å². The molecule has 132 valence electrons. The molecule has 0 aliphatic carbocycles. The molecule has 3 N–H and O–H groups in total. The maximum Gasteiger partial charge on any atom is 0.253 e. The highest BCUT2D eigenvalue weighted by atomic mass is 35.5. The third-order valence-corrected chi connectivity index (χ3v) is 3.56. The molecule has 2 aromatic heterocycles. The Balaban J connectivity index is 0.00000264. The summed E-state index contributed by atoms with van der Waals surface area (Å²) in [7, 11) is 0. The third kappa shape index (κ3) is 5.44. The lowest BCUT2D eigenvalue weighted by Crippen LogP contribution is -2.33. The van der Waals surface area contributed by atoms with E-state index >= 15 is 0 Å². The van der Waals surface area contributed by atoms with Crippen molar-refractivity contribution in [1.29, 1.82) is 0 Å². The van der Waals surface area contributed by atoms with E-state index in [2.05, 4.69) is 29.1 Å². The molecule has 0 aliphatic rings. The van der Waals surface area contributed by atoms with Crippen molar-refractivity contribution < 1.29 is 4.79 Å². The number of rotatable bonds is 5. The van der Waals surface area contributed by atoms with Gasteiger partial charge in [0.1, 0.15) is 0 Å². The normalized spacial score (nSPS) is 11.2. The molecule has 0 saturated heterocycles. The standard InChI is InChI=1S/C17H22N4O.2ClH/c1-11(2)16(15-6-4-5-9-19-15)21-17(22)14-8-7-13(10-18)20-12(14)3;;/h4-9,11,16H,10,18H2,1-3H3,(H,21,22);2*1H. The van der Waals surface area contributed by atoms with Crippen molar-refractivity contribution in [3.63, 3.8) is 0 Å². The summed E-state index contributed by atoms with van der Waals surface area (Å²) in [5.41, 5.74) is 8.46. The first kappa shape index (κ1) is 22.3. The van der Waals surface area contributed by atoms with Crippen LogP contribution in [0.3, 0.4) is 0 Å².